The average Bonchev–Trinajstić information content (AvgIpc) is 2.74. The lowest BCUT2D eigenvalue weighted by atomic mass is 9.82. The van der Waals surface area contributed by atoms with Gasteiger partial charge in [0.05, 0.1) is 5.75 Å². The summed E-state index contributed by atoms with van der Waals surface area (Å²) in [5, 5.41) is 0. The van der Waals surface area contributed by atoms with E-state index in [1.807, 2.05) is 32.9 Å². The highest BCUT2D eigenvalue weighted by Gasteiger charge is 2.41. The minimum atomic E-state index is -3.57. The molecule has 35 heavy (non-hydrogen) atoms. The lowest BCUT2D eigenvalue weighted by Crippen LogP contribution is -2.52. The zero-order valence-electron chi connectivity index (χ0n) is 20.5. The van der Waals surface area contributed by atoms with Gasteiger partial charge in [0.15, 0.2) is 9.84 Å². The number of hydrogen-bond acceptors (Lipinski definition) is 5. The molecule has 9 heteroatoms. The van der Waals surface area contributed by atoms with E-state index in [-0.39, 0.29) is 11.7 Å². The van der Waals surface area contributed by atoms with Gasteiger partial charge in [-0.25, -0.2) is 22.0 Å². The van der Waals surface area contributed by atoms with Gasteiger partial charge in [0.2, 0.25) is 0 Å². The third-order valence-corrected chi connectivity index (χ3v) is 7.26. The number of aryl methyl sites for hydroxylation is 1. The van der Waals surface area contributed by atoms with Crippen molar-refractivity contribution in [2.75, 3.05) is 19.3 Å². The molecule has 6 nitrogen and oxygen atoms in total. The first-order valence-electron chi connectivity index (χ1n) is 11.7. The number of likely N-dealkylation sites (tertiary alicyclic amines) is 1. The summed E-state index contributed by atoms with van der Waals surface area (Å²) in [6, 6.07) is 7.76. The Morgan fingerprint density at radius 2 is 1.69 bits per heavy atom. The summed E-state index contributed by atoms with van der Waals surface area (Å²) in [4.78, 5) is 14.1. The van der Waals surface area contributed by atoms with Crippen LogP contribution in [-0.4, -0.2) is 50.0 Å². The fraction of sp³-hybridized carbons (Fsp3) is 0.500. The monoisotopic (exact) mass is 507 g/mol. The molecule has 1 fully saturated rings. The van der Waals surface area contributed by atoms with E-state index in [0.717, 1.165) is 30.4 Å². The largest absolute Gasteiger partial charge is 0.487 e. The summed E-state index contributed by atoms with van der Waals surface area (Å²) in [5.74, 6) is -1.71. The van der Waals surface area contributed by atoms with Crippen molar-refractivity contribution in [2.24, 2.45) is 0 Å². The van der Waals surface area contributed by atoms with Crippen molar-refractivity contribution in [1.29, 1.82) is 0 Å². The number of rotatable bonds is 3. The fourth-order valence-electron chi connectivity index (χ4n) is 4.65. The molecular weight excluding hydrogens is 476 g/mol. The Morgan fingerprint density at radius 3 is 2.26 bits per heavy atom. The van der Waals surface area contributed by atoms with Crippen LogP contribution in [0.5, 0.6) is 5.75 Å². The van der Waals surface area contributed by atoms with E-state index in [4.69, 9.17) is 9.47 Å². The van der Waals surface area contributed by atoms with E-state index in [1.165, 1.54) is 12.1 Å². The van der Waals surface area contributed by atoms with Crippen molar-refractivity contribution in [1.82, 2.24) is 4.90 Å². The van der Waals surface area contributed by atoms with Gasteiger partial charge in [0.25, 0.3) is 0 Å². The van der Waals surface area contributed by atoms with Gasteiger partial charge in [0.1, 0.15) is 28.6 Å². The molecular formula is C26H31F2NO5S. The lowest BCUT2D eigenvalue weighted by molar-refractivity contribution is -0.0272. The van der Waals surface area contributed by atoms with Gasteiger partial charge in [-0.2, -0.15) is 0 Å². The molecule has 0 unspecified atom stereocenters. The van der Waals surface area contributed by atoms with E-state index >= 15 is 0 Å². The maximum atomic E-state index is 14.5. The second-order valence-corrected chi connectivity index (χ2v) is 12.7. The van der Waals surface area contributed by atoms with Crippen molar-refractivity contribution in [3.8, 4) is 16.9 Å². The third kappa shape index (κ3) is 5.94. The molecule has 0 bridgehead atoms. The number of ether oxygens (including phenoxy) is 2. The summed E-state index contributed by atoms with van der Waals surface area (Å²) in [6.07, 6.45) is 3.55. The van der Waals surface area contributed by atoms with E-state index in [0.29, 0.717) is 37.1 Å². The molecule has 0 saturated carbocycles. The molecule has 0 aromatic heterocycles. The van der Waals surface area contributed by atoms with Gasteiger partial charge in [0, 0.05) is 37.8 Å². The number of carbonyl (C=O) groups excluding carboxylic acids is 1. The normalized spacial score (nSPS) is 17.6. The molecule has 0 atom stereocenters. The van der Waals surface area contributed by atoms with Crippen LogP contribution in [0.15, 0.2) is 30.3 Å². The summed E-state index contributed by atoms with van der Waals surface area (Å²) in [5.41, 5.74) is 0.585. The number of sulfone groups is 1. The smallest absolute Gasteiger partial charge is 0.410 e. The van der Waals surface area contributed by atoms with Crippen LogP contribution in [0.2, 0.25) is 0 Å². The molecule has 2 aromatic rings. The second kappa shape index (κ2) is 9.08. The zero-order valence-corrected chi connectivity index (χ0v) is 21.3. The number of amides is 1. The summed E-state index contributed by atoms with van der Waals surface area (Å²) in [6.45, 7) is 6.65. The van der Waals surface area contributed by atoms with Gasteiger partial charge in [-0.1, -0.05) is 6.07 Å². The Kier molecular flexibility index (Phi) is 6.59. The van der Waals surface area contributed by atoms with Crippen LogP contribution >= 0.6 is 0 Å². The van der Waals surface area contributed by atoms with Crippen LogP contribution in [0.25, 0.3) is 11.1 Å². The quantitative estimate of drug-likeness (QED) is 0.566. The summed E-state index contributed by atoms with van der Waals surface area (Å²) >= 11 is 0. The summed E-state index contributed by atoms with van der Waals surface area (Å²) < 4.78 is 63.9. The second-order valence-electron chi connectivity index (χ2n) is 10.6. The summed E-state index contributed by atoms with van der Waals surface area (Å²) in [7, 11) is -3.57. The topological polar surface area (TPSA) is 72.9 Å². The number of fused-ring (bicyclic) bond motifs is 1. The Morgan fingerprint density at radius 1 is 1.06 bits per heavy atom. The molecule has 2 aliphatic rings. The number of benzene rings is 2. The number of halogens is 2. The predicted octanol–water partition coefficient (Wildman–Crippen LogP) is 5.27. The van der Waals surface area contributed by atoms with Crippen molar-refractivity contribution in [3.63, 3.8) is 0 Å². The number of nitrogens with zero attached hydrogens (tertiary/aromatic N) is 1. The van der Waals surface area contributed by atoms with Gasteiger partial charge in [-0.05, 0) is 74.6 Å². The van der Waals surface area contributed by atoms with Gasteiger partial charge < -0.3 is 14.4 Å². The van der Waals surface area contributed by atoms with E-state index in [9.17, 15) is 22.0 Å². The van der Waals surface area contributed by atoms with E-state index in [2.05, 4.69) is 0 Å². The molecule has 1 spiro atoms. The predicted molar refractivity (Wildman–Crippen MR) is 129 cm³/mol. The Bertz CT molecular complexity index is 1220. The van der Waals surface area contributed by atoms with Crippen LogP contribution in [0, 0.1) is 11.6 Å². The minimum absolute atomic E-state index is 0.310. The van der Waals surface area contributed by atoms with Crippen molar-refractivity contribution in [2.45, 2.75) is 63.4 Å². The van der Waals surface area contributed by atoms with Crippen LogP contribution in [-0.2, 0) is 26.7 Å². The first kappa shape index (κ1) is 25.4. The van der Waals surface area contributed by atoms with Gasteiger partial charge in [-0.3, -0.25) is 0 Å². The maximum absolute atomic E-state index is 14.5. The van der Waals surface area contributed by atoms with Crippen LogP contribution in [0.1, 0.15) is 51.2 Å². The Balaban J connectivity index is 1.47. The third-order valence-electron chi connectivity index (χ3n) is 6.44. The van der Waals surface area contributed by atoms with Crippen LogP contribution in [0.4, 0.5) is 13.6 Å². The molecule has 2 heterocycles. The van der Waals surface area contributed by atoms with Gasteiger partial charge >= 0.3 is 6.09 Å². The van der Waals surface area contributed by atoms with Crippen LogP contribution < -0.4 is 4.74 Å². The molecule has 1 amide bonds. The molecule has 190 valence electrons. The number of carbonyl (C=O) groups is 1. The standard InChI is InChI=1S/C26H31F2NO5S/c1-25(2,3)34-24(30)29-11-9-26(10-12-29)8-7-18-13-17(5-6-23(18)33-26)19-14-21(27)20(22(28)15-19)16-35(4,31)32/h5-6,13-15H,7-12,16H2,1-4H3. The highest BCUT2D eigenvalue weighted by molar-refractivity contribution is 7.89. The highest BCUT2D eigenvalue weighted by Crippen LogP contribution is 2.41. The molecule has 0 radical (unpaired) electrons. The molecule has 0 aliphatic carbocycles. The molecule has 1 saturated heterocycles. The van der Waals surface area contributed by atoms with Gasteiger partial charge in [-0.15, -0.1) is 0 Å². The number of hydrogen-bond donors (Lipinski definition) is 0. The van der Waals surface area contributed by atoms with Crippen molar-refractivity contribution < 1.29 is 31.5 Å². The Labute approximate surface area is 205 Å². The number of piperidine rings is 1. The van der Waals surface area contributed by atoms with E-state index < -0.39 is 38.4 Å². The highest BCUT2D eigenvalue weighted by atomic mass is 32.2. The van der Waals surface area contributed by atoms with Crippen molar-refractivity contribution in [3.05, 3.63) is 53.1 Å². The lowest BCUT2D eigenvalue weighted by Gasteiger charge is -2.44. The molecule has 4 rings (SSSR count). The van der Waals surface area contributed by atoms with Crippen molar-refractivity contribution >= 4 is 15.9 Å². The molecule has 2 aromatic carbocycles. The molecule has 0 N–H and O–H groups in total. The Hall–Kier alpha value is -2.68. The fourth-order valence-corrected chi connectivity index (χ4v) is 5.45. The maximum Gasteiger partial charge on any atom is 0.410 e. The first-order valence-corrected chi connectivity index (χ1v) is 13.8. The van der Waals surface area contributed by atoms with Crippen LogP contribution in [0.3, 0.4) is 0 Å². The molecule has 2 aliphatic heterocycles. The minimum Gasteiger partial charge on any atom is -0.487 e. The zero-order chi connectivity index (χ0) is 25.6. The first-order chi connectivity index (χ1) is 16.2. The SMILES string of the molecule is CC(C)(C)OC(=O)N1CCC2(CCc3cc(-c4cc(F)c(CS(C)(=O)=O)c(F)c4)ccc3O2)CC1. The van der Waals surface area contributed by atoms with E-state index in [1.54, 1.807) is 11.0 Å². The average molecular weight is 508 g/mol.